The van der Waals surface area contributed by atoms with Gasteiger partial charge in [0, 0.05) is 10.9 Å². The molecule has 5 aromatic rings. The van der Waals surface area contributed by atoms with Crippen LogP contribution in [0.4, 0.5) is 13.2 Å². The zero-order valence-electron chi connectivity index (χ0n) is 17.1. The van der Waals surface area contributed by atoms with Crippen molar-refractivity contribution >= 4 is 21.7 Å². The van der Waals surface area contributed by atoms with Crippen LogP contribution in [0.15, 0.2) is 91.1 Å². The van der Waals surface area contributed by atoms with Crippen molar-refractivity contribution in [2.45, 2.75) is 11.8 Å². The number of hydrogen-bond donors (Lipinski definition) is 1. The zero-order valence-corrected chi connectivity index (χ0v) is 17.1. The van der Waals surface area contributed by atoms with Crippen molar-refractivity contribution in [1.82, 2.24) is 9.78 Å². The third-order valence-electron chi connectivity index (χ3n) is 5.83. The first-order valence-electron chi connectivity index (χ1n) is 10.1. The second-order valence-corrected chi connectivity index (χ2v) is 7.69. The summed E-state index contributed by atoms with van der Waals surface area (Å²) in [6.07, 6.45) is -3.55. The highest BCUT2D eigenvalue weighted by molar-refractivity contribution is 5.92. The normalized spacial score (nSPS) is 13.7. The van der Waals surface area contributed by atoms with E-state index in [-0.39, 0.29) is 22.1 Å². The van der Waals surface area contributed by atoms with E-state index in [1.54, 1.807) is 22.9 Å². The maximum atomic E-state index is 14.5. The number of hydrogen-bond acceptors (Lipinski definition) is 3. The van der Waals surface area contributed by atoms with Gasteiger partial charge in [0.25, 0.3) is 0 Å². The van der Waals surface area contributed by atoms with Crippen LogP contribution in [0, 0.1) is 11.3 Å². The third-order valence-corrected chi connectivity index (χ3v) is 5.83. The van der Waals surface area contributed by atoms with Gasteiger partial charge in [-0.1, -0.05) is 54.6 Å². The van der Waals surface area contributed by atoms with Gasteiger partial charge in [-0.25, -0.2) is 4.68 Å². The van der Waals surface area contributed by atoms with Gasteiger partial charge in [0.15, 0.2) is 0 Å². The van der Waals surface area contributed by atoms with Crippen LogP contribution in [0.5, 0.6) is 0 Å². The minimum absolute atomic E-state index is 0.163. The van der Waals surface area contributed by atoms with Crippen LogP contribution < -0.4 is 0 Å². The molecule has 0 radical (unpaired) electrons. The van der Waals surface area contributed by atoms with Crippen molar-refractivity contribution in [3.8, 4) is 11.8 Å². The first-order chi connectivity index (χ1) is 15.8. The highest BCUT2D eigenvalue weighted by Gasteiger charge is 2.57. The predicted octanol–water partition coefficient (Wildman–Crippen LogP) is 5.85. The Balaban J connectivity index is 1.75. The minimum atomic E-state index is -5.02. The molecule has 0 spiro atoms. The van der Waals surface area contributed by atoms with E-state index in [2.05, 4.69) is 5.10 Å². The molecule has 0 aliphatic carbocycles. The molecule has 33 heavy (non-hydrogen) atoms. The average molecular weight is 443 g/mol. The summed E-state index contributed by atoms with van der Waals surface area (Å²) >= 11 is 0. The van der Waals surface area contributed by atoms with Gasteiger partial charge in [-0.15, -0.1) is 0 Å². The predicted molar refractivity (Wildman–Crippen MR) is 119 cm³/mol. The summed E-state index contributed by atoms with van der Waals surface area (Å²) in [6.45, 7) is 0. The molecular formula is C26H16F3N3O. The van der Waals surface area contributed by atoms with Gasteiger partial charge in [0.2, 0.25) is 5.60 Å². The molecule has 1 heterocycles. The summed E-state index contributed by atoms with van der Waals surface area (Å²) in [7, 11) is 0. The Morgan fingerprint density at radius 1 is 0.848 bits per heavy atom. The molecule has 0 bridgehead atoms. The molecule has 1 aromatic heterocycles. The lowest BCUT2D eigenvalue weighted by Gasteiger charge is -2.32. The number of nitriles is 1. The molecule has 5 rings (SSSR count). The number of benzene rings is 4. The Labute approximate surface area is 186 Å². The van der Waals surface area contributed by atoms with Crippen LogP contribution in [-0.2, 0) is 5.60 Å². The van der Waals surface area contributed by atoms with Crippen molar-refractivity contribution in [3.05, 3.63) is 108 Å². The Bertz CT molecular complexity index is 1530. The number of rotatable bonds is 3. The average Bonchev–Trinajstić information content (AvgIpc) is 3.26. The lowest BCUT2D eigenvalue weighted by Crippen LogP contribution is -2.43. The SMILES string of the molecule is N#Cc1ccc(C(O)(c2ccc3c(cnn3-c3ccccc3)c2)C(F)(F)F)c2ccccc12. The number of alkyl halides is 3. The van der Waals surface area contributed by atoms with Gasteiger partial charge < -0.3 is 5.11 Å². The molecule has 0 fully saturated rings. The van der Waals surface area contributed by atoms with Crippen molar-refractivity contribution in [2.24, 2.45) is 0 Å². The fourth-order valence-corrected chi connectivity index (χ4v) is 4.22. The van der Waals surface area contributed by atoms with Crippen LogP contribution >= 0.6 is 0 Å². The zero-order chi connectivity index (χ0) is 23.2. The number of halogens is 3. The summed E-state index contributed by atoms with van der Waals surface area (Å²) in [5.41, 5.74) is -2.34. The van der Waals surface area contributed by atoms with E-state index in [1.807, 2.05) is 36.4 Å². The van der Waals surface area contributed by atoms with Crippen LogP contribution in [0.2, 0.25) is 0 Å². The summed E-state index contributed by atoms with van der Waals surface area (Å²) in [5, 5.41) is 26.0. The maximum Gasteiger partial charge on any atom is 0.425 e. The van der Waals surface area contributed by atoms with Crippen LogP contribution in [0.1, 0.15) is 16.7 Å². The largest absolute Gasteiger partial charge is 0.425 e. The van der Waals surface area contributed by atoms with Crippen LogP contribution in [-0.4, -0.2) is 21.1 Å². The van der Waals surface area contributed by atoms with Crippen molar-refractivity contribution in [3.63, 3.8) is 0 Å². The van der Waals surface area contributed by atoms with E-state index >= 15 is 0 Å². The van der Waals surface area contributed by atoms with Gasteiger partial charge in [-0.2, -0.15) is 23.5 Å². The third kappa shape index (κ3) is 3.15. The molecule has 1 unspecified atom stereocenters. The van der Waals surface area contributed by atoms with Crippen LogP contribution in [0.25, 0.3) is 27.4 Å². The number of fused-ring (bicyclic) bond motifs is 2. The van der Waals surface area contributed by atoms with Crippen LogP contribution in [0.3, 0.4) is 0 Å². The minimum Gasteiger partial charge on any atom is -0.372 e. The highest BCUT2D eigenvalue weighted by Crippen LogP contribution is 2.47. The summed E-state index contributed by atoms with van der Waals surface area (Å²) in [6, 6.07) is 24.1. The molecule has 1 atom stereocenters. The summed E-state index contributed by atoms with van der Waals surface area (Å²) in [4.78, 5) is 0. The van der Waals surface area contributed by atoms with Gasteiger partial charge >= 0.3 is 6.18 Å². The topological polar surface area (TPSA) is 61.8 Å². The molecule has 0 saturated carbocycles. The van der Waals surface area contributed by atoms with Gasteiger partial charge in [-0.05, 0) is 46.7 Å². The van der Waals surface area contributed by atoms with E-state index < -0.39 is 11.8 Å². The summed E-state index contributed by atoms with van der Waals surface area (Å²) < 4.78 is 45.2. The van der Waals surface area contributed by atoms with E-state index in [0.29, 0.717) is 16.3 Å². The molecule has 4 aromatic carbocycles. The number of aromatic nitrogens is 2. The fourth-order valence-electron chi connectivity index (χ4n) is 4.22. The smallest absolute Gasteiger partial charge is 0.372 e. The highest BCUT2D eigenvalue weighted by atomic mass is 19.4. The van der Waals surface area contributed by atoms with Crippen molar-refractivity contribution in [1.29, 1.82) is 5.26 Å². The lowest BCUT2D eigenvalue weighted by molar-refractivity contribution is -0.247. The van der Waals surface area contributed by atoms with Gasteiger partial charge in [0.05, 0.1) is 29.0 Å². The second kappa shape index (κ2) is 7.47. The first kappa shape index (κ1) is 20.7. The quantitative estimate of drug-likeness (QED) is 0.381. The molecule has 0 saturated heterocycles. The van der Waals surface area contributed by atoms with Gasteiger partial charge in [-0.3, -0.25) is 0 Å². The first-order valence-corrected chi connectivity index (χ1v) is 10.1. The standard InChI is InChI=1S/C26H16F3N3O/c27-26(28,29)25(33,23-12-10-17(15-30)21-8-4-5-9-22(21)23)19-11-13-24-18(14-19)16-31-32(24)20-6-2-1-3-7-20/h1-14,16,33H. The number of para-hydroxylation sites is 1. The Morgan fingerprint density at radius 2 is 1.55 bits per heavy atom. The summed E-state index contributed by atoms with van der Waals surface area (Å²) in [5.74, 6) is 0. The number of aliphatic hydroxyl groups is 1. The van der Waals surface area contributed by atoms with E-state index in [1.165, 1.54) is 42.6 Å². The number of nitrogens with zero attached hydrogens (tertiary/aromatic N) is 3. The van der Waals surface area contributed by atoms with Crippen molar-refractivity contribution in [2.75, 3.05) is 0 Å². The molecule has 0 amide bonds. The fraction of sp³-hybridized carbons (Fsp3) is 0.0769. The molecule has 7 heteroatoms. The van der Waals surface area contributed by atoms with E-state index in [0.717, 1.165) is 5.69 Å². The molecule has 0 aliphatic rings. The molecule has 1 N–H and O–H groups in total. The Hall–Kier alpha value is -4.15. The molecular weight excluding hydrogens is 427 g/mol. The molecule has 0 aliphatic heterocycles. The van der Waals surface area contributed by atoms with Gasteiger partial charge in [0.1, 0.15) is 0 Å². The van der Waals surface area contributed by atoms with Crippen molar-refractivity contribution < 1.29 is 18.3 Å². The monoisotopic (exact) mass is 443 g/mol. The molecule has 4 nitrogen and oxygen atoms in total. The Morgan fingerprint density at radius 3 is 2.24 bits per heavy atom. The maximum absolute atomic E-state index is 14.5. The Kier molecular flexibility index (Phi) is 4.69. The van der Waals surface area contributed by atoms with E-state index in [9.17, 15) is 23.5 Å². The molecule has 162 valence electrons. The second-order valence-electron chi connectivity index (χ2n) is 7.69. The van der Waals surface area contributed by atoms with E-state index in [4.69, 9.17) is 0 Å². The lowest BCUT2D eigenvalue weighted by atomic mass is 9.81.